The van der Waals surface area contributed by atoms with Crippen molar-refractivity contribution in [2.75, 3.05) is 20.2 Å². The van der Waals surface area contributed by atoms with Gasteiger partial charge >= 0.3 is 0 Å². The number of aromatic amines is 1. The van der Waals surface area contributed by atoms with Crippen molar-refractivity contribution in [3.63, 3.8) is 0 Å². The topological polar surface area (TPSA) is 91.5 Å². The Bertz CT molecular complexity index is 910. The number of ether oxygens (including phenoxy) is 1. The quantitative estimate of drug-likeness (QED) is 0.833. The average Bonchev–Trinajstić information content (AvgIpc) is 3.06. The van der Waals surface area contributed by atoms with Crippen molar-refractivity contribution in [1.82, 2.24) is 15.2 Å². The first-order chi connectivity index (χ1) is 12.9. The summed E-state index contributed by atoms with van der Waals surface area (Å²) in [4.78, 5) is 40.0. The Morgan fingerprint density at radius 3 is 2.56 bits per heavy atom. The smallest absolute Gasteiger partial charge is 0.266 e. The predicted molar refractivity (Wildman–Crippen MR) is 101 cm³/mol. The zero-order chi connectivity index (χ0) is 19.6. The third kappa shape index (κ3) is 4.14. The third-order valence-electron chi connectivity index (χ3n) is 4.64. The lowest BCUT2D eigenvalue weighted by atomic mass is 9.94. The Kier molecular flexibility index (Phi) is 5.51. The number of likely N-dealkylation sites (tertiary alicyclic amines) is 1. The lowest BCUT2D eigenvalue weighted by Crippen LogP contribution is -2.39. The molecule has 1 aliphatic rings. The molecular formula is C19H20ClN3O4. The highest BCUT2D eigenvalue weighted by atomic mass is 35.5. The van der Waals surface area contributed by atoms with Crippen molar-refractivity contribution < 1.29 is 14.3 Å². The second-order valence-corrected chi connectivity index (χ2v) is 6.87. The highest BCUT2D eigenvalue weighted by Gasteiger charge is 2.37. The Hall–Kier alpha value is -2.80. The molecule has 2 aromatic rings. The highest BCUT2D eigenvalue weighted by molar-refractivity contribution is 6.30. The molecule has 2 atom stereocenters. The summed E-state index contributed by atoms with van der Waals surface area (Å²) in [5.41, 5.74) is 0.864. The molecule has 7 nitrogen and oxygen atoms in total. The van der Waals surface area contributed by atoms with Crippen LogP contribution in [0.3, 0.4) is 0 Å². The van der Waals surface area contributed by atoms with Crippen LogP contribution in [0.2, 0.25) is 5.02 Å². The van der Waals surface area contributed by atoms with Crippen molar-refractivity contribution in [1.29, 1.82) is 0 Å². The SMILES string of the molecule is COc1ccc([C@@H]2CN(C(=O)c3c[nH]c(=O)c(Cl)c3)C[C@H]2NC(C)=O)cc1. The monoisotopic (exact) mass is 389 g/mol. The molecule has 2 heterocycles. The number of hydrogen-bond donors (Lipinski definition) is 2. The lowest BCUT2D eigenvalue weighted by molar-refractivity contribution is -0.119. The molecule has 3 rings (SSSR count). The molecule has 1 aromatic carbocycles. The Morgan fingerprint density at radius 1 is 1.26 bits per heavy atom. The van der Waals surface area contributed by atoms with E-state index in [0.29, 0.717) is 18.7 Å². The lowest BCUT2D eigenvalue weighted by Gasteiger charge is -2.19. The molecule has 27 heavy (non-hydrogen) atoms. The Morgan fingerprint density at radius 2 is 1.96 bits per heavy atom. The summed E-state index contributed by atoms with van der Waals surface area (Å²) in [6, 6.07) is 8.72. The first-order valence-corrected chi connectivity index (χ1v) is 8.85. The number of halogens is 1. The van der Waals surface area contributed by atoms with Crippen LogP contribution in [0.4, 0.5) is 0 Å². The number of aromatic nitrogens is 1. The van der Waals surface area contributed by atoms with Gasteiger partial charge in [-0.15, -0.1) is 0 Å². The van der Waals surface area contributed by atoms with E-state index in [1.807, 2.05) is 24.3 Å². The van der Waals surface area contributed by atoms with E-state index in [0.717, 1.165) is 11.3 Å². The van der Waals surface area contributed by atoms with E-state index in [1.165, 1.54) is 19.2 Å². The van der Waals surface area contributed by atoms with Gasteiger partial charge in [-0.1, -0.05) is 23.7 Å². The van der Waals surface area contributed by atoms with Gasteiger partial charge < -0.3 is 19.9 Å². The van der Waals surface area contributed by atoms with Crippen LogP contribution in [0.25, 0.3) is 0 Å². The van der Waals surface area contributed by atoms with E-state index >= 15 is 0 Å². The normalized spacial score (nSPS) is 19.0. The molecule has 0 spiro atoms. The van der Waals surface area contributed by atoms with Crippen LogP contribution in [-0.4, -0.2) is 47.9 Å². The fourth-order valence-corrected chi connectivity index (χ4v) is 3.50. The van der Waals surface area contributed by atoms with Gasteiger partial charge in [-0.25, -0.2) is 0 Å². The molecule has 8 heteroatoms. The summed E-state index contributed by atoms with van der Waals surface area (Å²) in [6.45, 7) is 2.26. The number of nitrogens with zero attached hydrogens (tertiary/aromatic N) is 1. The van der Waals surface area contributed by atoms with Crippen LogP contribution in [0.1, 0.15) is 28.8 Å². The van der Waals surface area contributed by atoms with Crippen LogP contribution in [-0.2, 0) is 4.79 Å². The zero-order valence-electron chi connectivity index (χ0n) is 15.0. The van der Waals surface area contributed by atoms with Gasteiger partial charge in [-0.05, 0) is 23.8 Å². The fraction of sp³-hybridized carbons (Fsp3) is 0.316. The maximum atomic E-state index is 12.8. The van der Waals surface area contributed by atoms with Gasteiger partial charge in [0.05, 0.1) is 18.7 Å². The number of carbonyl (C=O) groups is 2. The number of rotatable bonds is 4. The first kappa shape index (κ1) is 19.0. The molecule has 142 valence electrons. The average molecular weight is 390 g/mol. The molecule has 0 radical (unpaired) electrons. The highest BCUT2D eigenvalue weighted by Crippen LogP contribution is 2.30. The number of methoxy groups -OCH3 is 1. The number of benzene rings is 1. The standard InChI is InChI=1S/C19H20ClN3O4/c1-11(24)22-17-10-23(19(26)13-7-16(20)18(25)21-8-13)9-15(17)12-3-5-14(27-2)6-4-12/h3-8,15,17H,9-10H2,1-2H3,(H,21,25)(H,22,24)/t15-,17+/m0/s1. The minimum Gasteiger partial charge on any atom is -0.497 e. The first-order valence-electron chi connectivity index (χ1n) is 8.47. The summed E-state index contributed by atoms with van der Waals surface area (Å²) in [6.07, 6.45) is 1.35. The minimum absolute atomic E-state index is 0.0369. The van der Waals surface area contributed by atoms with E-state index in [2.05, 4.69) is 10.3 Å². The van der Waals surface area contributed by atoms with Gasteiger partial charge in [0.15, 0.2) is 0 Å². The van der Waals surface area contributed by atoms with E-state index in [1.54, 1.807) is 12.0 Å². The molecule has 1 aliphatic heterocycles. The fourth-order valence-electron chi connectivity index (χ4n) is 3.33. The molecular weight excluding hydrogens is 370 g/mol. The Balaban J connectivity index is 1.85. The molecule has 2 amide bonds. The van der Waals surface area contributed by atoms with Crippen LogP contribution >= 0.6 is 11.6 Å². The third-order valence-corrected chi connectivity index (χ3v) is 4.93. The van der Waals surface area contributed by atoms with Crippen molar-refractivity contribution in [2.45, 2.75) is 18.9 Å². The van der Waals surface area contributed by atoms with Crippen molar-refractivity contribution in [3.05, 3.63) is 63.0 Å². The van der Waals surface area contributed by atoms with Crippen molar-refractivity contribution in [2.24, 2.45) is 0 Å². The van der Waals surface area contributed by atoms with Gasteiger partial charge in [-0.2, -0.15) is 0 Å². The largest absolute Gasteiger partial charge is 0.497 e. The molecule has 0 bridgehead atoms. The molecule has 0 unspecified atom stereocenters. The predicted octanol–water partition coefficient (Wildman–Crippen LogP) is 1.78. The Labute approximate surface area is 161 Å². The van der Waals surface area contributed by atoms with E-state index in [9.17, 15) is 14.4 Å². The van der Waals surface area contributed by atoms with Crippen LogP contribution < -0.4 is 15.6 Å². The molecule has 1 saturated heterocycles. The van der Waals surface area contributed by atoms with Gasteiger partial charge in [0.25, 0.3) is 11.5 Å². The summed E-state index contributed by atoms with van der Waals surface area (Å²) >= 11 is 5.83. The number of pyridine rings is 1. The number of amides is 2. The van der Waals surface area contributed by atoms with E-state index in [4.69, 9.17) is 16.3 Å². The van der Waals surface area contributed by atoms with Gasteiger partial charge in [-0.3, -0.25) is 14.4 Å². The zero-order valence-corrected chi connectivity index (χ0v) is 15.7. The van der Waals surface area contributed by atoms with Gasteiger partial charge in [0.1, 0.15) is 10.8 Å². The molecule has 0 saturated carbocycles. The molecule has 0 aliphatic carbocycles. The summed E-state index contributed by atoms with van der Waals surface area (Å²) in [5.74, 6) is 0.282. The number of nitrogens with one attached hydrogen (secondary N) is 2. The van der Waals surface area contributed by atoms with Crippen molar-refractivity contribution >= 4 is 23.4 Å². The summed E-state index contributed by atoms with van der Waals surface area (Å²) in [5, 5.41) is 2.89. The van der Waals surface area contributed by atoms with Crippen LogP contribution in [0.5, 0.6) is 5.75 Å². The maximum absolute atomic E-state index is 12.8. The number of H-pyrrole nitrogens is 1. The maximum Gasteiger partial charge on any atom is 0.266 e. The van der Waals surface area contributed by atoms with Crippen LogP contribution in [0, 0.1) is 0 Å². The van der Waals surface area contributed by atoms with Gasteiger partial charge in [0, 0.05) is 32.1 Å². The summed E-state index contributed by atoms with van der Waals surface area (Å²) < 4.78 is 5.19. The second-order valence-electron chi connectivity index (χ2n) is 6.46. The second kappa shape index (κ2) is 7.84. The molecule has 1 aromatic heterocycles. The summed E-state index contributed by atoms with van der Waals surface area (Å²) in [7, 11) is 1.60. The molecule has 1 fully saturated rings. The van der Waals surface area contributed by atoms with E-state index in [-0.39, 0.29) is 28.8 Å². The van der Waals surface area contributed by atoms with Crippen LogP contribution in [0.15, 0.2) is 41.3 Å². The minimum atomic E-state index is -0.443. The number of hydrogen-bond acceptors (Lipinski definition) is 4. The van der Waals surface area contributed by atoms with Crippen molar-refractivity contribution in [3.8, 4) is 5.75 Å². The van der Waals surface area contributed by atoms with Gasteiger partial charge in [0.2, 0.25) is 5.91 Å². The van der Waals surface area contributed by atoms with E-state index < -0.39 is 5.56 Å². The molecule has 2 N–H and O–H groups in total. The number of carbonyl (C=O) groups excluding carboxylic acids is 2.